The summed E-state index contributed by atoms with van der Waals surface area (Å²) in [5.74, 6) is 2.37. The van der Waals surface area contributed by atoms with Gasteiger partial charge in [-0.25, -0.2) is 0 Å². The van der Waals surface area contributed by atoms with E-state index in [9.17, 15) is 0 Å². The summed E-state index contributed by atoms with van der Waals surface area (Å²) in [5, 5.41) is 2.74. The van der Waals surface area contributed by atoms with Crippen molar-refractivity contribution in [2.75, 3.05) is 0 Å². The van der Waals surface area contributed by atoms with Gasteiger partial charge in [-0.2, -0.15) is 0 Å². The topological polar surface area (TPSA) is 0 Å². The summed E-state index contributed by atoms with van der Waals surface area (Å²) in [4.78, 5) is 1.16. The Morgan fingerprint density at radius 1 is 1.12 bits per heavy atom. The first-order valence-electron chi connectivity index (χ1n) is 6.39. The molecule has 0 aromatic heterocycles. The second kappa shape index (κ2) is 4.06. The molecule has 1 fully saturated rings. The van der Waals surface area contributed by atoms with Crippen LogP contribution in [0.2, 0.25) is 0 Å². The van der Waals surface area contributed by atoms with E-state index < -0.39 is 0 Å². The van der Waals surface area contributed by atoms with Gasteiger partial charge in [0.1, 0.15) is 0 Å². The molecule has 3 rings (SSSR count). The standard InChI is InChI=1S/C16H18S/c1-10(2)13-9-14(13)16-12-6-4-3-5-11(12)7-8-15(16)17/h3-8,10,13-14,17H,9H2,1-2H3. The van der Waals surface area contributed by atoms with Crippen molar-refractivity contribution in [2.45, 2.75) is 31.1 Å². The van der Waals surface area contributed by atoms with Gasteiger partial charge in [-0.05, 0) is 46.6 Å². The SMILES string of the molecule is CC(C)C1CC1c1c(S)ccc2ccccc12. The molecule has 1 heteroatoms. The molecule has 2 aromatic carbocycles. The fourth-order valence-corrected chi connectivity index (χ4v) is 3.32. The molecule has 1 aliphatic rings. The van der Waals surface area contributed by atoms with Crippen molar-refractivity contribution < 1.29 is 0 Å². The second-order valence-electron chi connectivity index (χ2n) is 5.47. The molecular weight excluding hydrogens is 224 g/mol. The lowest BCUT2D eigenvalue weighted by Crippen LogP contribution is -1.94. The number of hydrogen-bond donors (Lipinski definition) is 1. The van der Waals surface area contributed by atoms with Crippen LogP contribution in [-0.2, 0) is 0 Å². The number of benzene rings is 2. The summed E-state index contributed by atoms with van der Waals surface area (Å²) in [7, 11) is 0. The molecule has 88 valence electrons. The smallest absolute Gasteiger partial charge is 0.00813 e. The average Bonchev–Trinajstić information content (AvgIpc) is 3.09. The molecule has 1 saturated carbocycles. The first-order chi connectivity index (χ1) is 8.18. The van der Waals surface area contributed by atoms with Crippen LogP contribution < -0.4 is 0 Å². The average molecular weight is 242 g/mol. The van der Waals surface area contributed by atoms with Gasteiger partial charge < -0.3 is 0 Å². The van der Waals surface area contributed by atoms with Crippen molar-refractivity contribution in [3.63, 3.8) is 0 Å². The number of fused-ring (bicyclic) bond motifs is 1. The summed E-state index contributed by atoms with van der Waals surface area (Å²) in [6.45, 7) is 4.65. The molecule has 2 unspecified atom stereocenters. The minimum atomic E-state index is 0.730. The maximum atomic E-state index is 4.66. The van der Waals surface area contributed by atoms with Gasteiger partial charge in [0.05, 0.1) is 0 Å². The molecular formula is C16H18S. The van der Waals surface area contributed by atoms with Crippen LogP contribution in [-0.4, -0.2) is 0 Å². The molecule has 0 bridgehead atoms. The van der Waals surface area contributed by atoms with Crippen LogP contribution >= 0.6 is 12.6 Å². The van der Waals surface area contributed by atoms with E-state index in [1.807, 2.05) is 0 Å². The molecule has 0 heterocycles. The lowest BCUT2D eigenvalue weighted by molar-refractivity contribution is 0.548. The Kier molecular flexibility index (Phi) is 2.67. The van der Waals surface area contributed by atoms with Crippen LogP contribution in [0.4, 0.5) is 0 Å². The van der Waals surface area contributed by atoms with Crippen LogP contribution in [0.1, 0.15) is 31.7 Å². The summed E-state index contributed by atoms with van der Waals surface area (Å²) in [6.07, 6.45) is 1.33. The Morgan fingerprint density at radius 2 is 1.88 bits per heavy atom. The molecule has 0 aliphatic heterocycles. The Labute approximate surface area is 108 Å². The lowest BCUT2D eigenvalue weighted by Gasteiger charge is -2.10. The third-order valence-corrected chi connectivity index (χ3v) is 4.40. The van der Waals surface area contributed by atoms with Gasteiger partial charge in [-0.3, -0.25) is 0 Å². The van der Waals surface area contributed by atoms with Crippen molar-refractivity contribution in [2.24, 2.45) is 11.8 Å². The van der Waals surface area contributed by atoms with E-state index in [0.717, 1.165) is 22.6 Å². The molecule has 0 N–H and O–H groups in total. The van der Waals surface area contributed by atoms with Crippen LogP contribution in [0.5, 0.6) is 0 Å². The molecule has 2 atom stereocenters. The van der Waals surface area contributed by atoms with Crippen molar-refractivity contribution in [3.8, 4) is 0 Å². The molecule has 1 aliphatic carbocycles. The van der Waals surface area contributed by atoms with E-state index in [0.29, 0.717) is 0 Å². The van der Waals surface area contributed by atoms with E-state index in [4.69, 9.17) is 0 Å². The molecule has 0 saturated heterocycles. The Hall–Kier alpha value is -0.950. The van der Waals surface area contributed by atoms with Crippen LogP contribution in [0.15, 0.2) is 41.3 Å². The van der Waals surface area contributed by atoms with E-state index in [1.54, 1.807) is 0 Å². The van der Waals surface area contributed by atoms with Crippen LogP contribution in [0, 0.1) is 11.8 Å². The highest BCUT2D eigenvalue weighted by atomic mass is 32.1. The fraction of sp³-hybridized carbons (Fsp3) is 0.375. The summed E-state index contributed by atoms with van der Waals surface area (Å²) < 4.78 is 0. The maximum Gasteiger partial charge on any atom is 0.00813 e. The van der Waals surface area contributed by atoms with E-state index in [1.165, 1.54) is 22.8 Å². The van der Waals surface area contributed by atoms with Crippen LogP contribution in [0.3, 0.4) is 0 Å². The van der Waals surface area contributed by atoms with Gasteiger partial charge in [-0.15, -0.1) is 12.6 Å². The maximum absolute atomic E-state index is 4.66. The molecule has 0 nitrogen and oxygen atoms in total. The second-order valence-corrected chi connectivity index (χ2v) is 5.95. The number of thiol groups is 1. The fourth-order valence-electron chi connectivity index (χ4n) is 2.96. The monoisotopic (exact) mass is 242 g/mol. The summed E-state index contributed by atoms with van der Waals surface area (Å²) >= 11 is 4.66. The van der Waals surface area contributed by atoms with Crippen molar-refractivity contribution >= 4 is 23.4 Å². The van der Waals surface area contributed by atoms with E-state index >= 15 is 0 Å². The minimum absolute atomic E-state index is 0.730. The zero-order valence-electron chi connectivity index (χ0n) is 10.4. The van der Waals surface area contributed by atoms with Crippen LogP contribution in [0.25, 0.3) is 10.8 Å². The number of rotatable bonds is 2. The Bertz CT molecular complexity index is 556. The van der Waals surface area contributed by atoms with E-state index in [-0.39, 0.29) is 0 Å². The van der Waals surface area contributed by atoms with Gasteiger partial charge >= 0.3 is 0 Å². The zero-order chi connectivity index (χ0) is 12.0. The van der Waals surface area contributed by atoms with E-state index in [2.05, 4.69) is 62.9 Å². The van der Waals surface area contributed by atoms with Gasteiger partial charge in [0.25, 0.3) is 0 Å². The number of hydrogen-bond acceptors (Lipinski definition) is 1. The van der Waals surface area contributed by atoms with Crippen molar-refractivity contribution in [1.29, 1.82) is 0 Å². The zero-order valence-corrected chi connectivity index (χ0v) is 11.2. The highest BCUT2D eigenvalue weighted by Gasteiger charge is 2.41. The largest absolute Gasteiger partial charge is 0.143 e. The normalized spacial score (nSPS) is 23.3. The first kappa shape index (κ1) is 11.2. The molecule has 0 amide bonds. The lowest BCUT2D eigenvalue weighted by atomic mass is 9.97. The van der Waals surface area contributed by atoms with Gasteiger partial charge in [0.15, 0.2) is 0 Å². The molecule has 0 radical (unpaired) electrons. The Balaban J connectivity index is 2.12. The van der Waals surface area contributed by atoms with Gasteiger partial charge in [0.2, 0.25) is 0 Å². The summed E-state index contributed by atoms with van der Waals surface area (Å²) in [5.41, 5.74) is 1.48. The quantitative estimate of drug-likeness (QED) is 0.712. The highest BCUT2D eigenvalue weighted by Crippen LogP contribution is 2.54. The predicted octanol–water partition coefficient (Wildman–Crippen LogP) is 4.89. The molecule has 0 spiro atoms. The van der Waals surface area contributed by atoms with Gasteiger partial charge in [0, 0.05) is 4.90 Å². The first-order valence-corrected chi connectivity index (χ1v) is 6.84. The van der Waals surface area contributed by atoms with Gasteiger partial charge in [-0.1, -0.05) is 44.2 Å². The minimum Gasteiger partial charge on any atom is -0.143 e. The molecule has 17 heavy (non-hydrogen) atoms. The molecule has 2 aromatic rings. The third-order valence-electron chi connectivity index (χ3n) is 4.01. The summed E-state index contributed by atoms with van der Waals surface area (Å²) in [6, 6.07) is 13.0. The van der Waals surface area contributed by atoms with Crippen molar-refractivity contribution in [1.82, 2.24) is 0 Å². The van der Waals surface area contributed by atoms with Crippen molar-refractivity contribution in [3.05, 3.63) is 42.0 Å². The highest BCUT2D eigenvalue weighted by molar-refractivity contribution is 7.80. The predicted molar refractivity (Wildman–Crippen MR) is 76.9 cm³/mol. The third kappa shape index (κ3) is 1.87. The Morgan fingerprint density at radius 3 is 2.59 bits per heavy atom.